The molecule has 0 N–H and O–H groups in total. The summed E-state index contributed by atoms with van der Waals surface area (Å²) in [6, 6.07) is 0. The first-order valence-electron chi connectivity index (χ1n) is 4.39. The van der Waals surface area contributed by atoms with Crippen molar-refractivity contribution in [3.63, 3.8) is 0 Å². The van der Waals surface area contributed by atoms with Crippen LogP contribution in [0.2, 0.25) is 0 Å². The zero-order valence-corrected chi connectivity index (χ0v) is 8.40. The molecule has 0 aromatic heterocycles. The highest BCUT2D eigenvalue weighted by Gasteiger charge is 2.21. The van der Waals surface area contributed by atoms with Gasteiger partial charge in [-0.3, -0.25) is 4.79 Å². The lowest BCUT2D eigenvalue weighted by Crippen LogP contribution is -2.20. The Morgan fingerprint density at radius 3 is 2.09 bits per heavy atom. The lowest BCUT2D eigenvalue weighted by molar-refractivity contribution is -0.120. The molecule has 0 aliphatic carbocycles. The number of carbonyl (C=O) groups excluding carboxylic acids is 1. The topological polar surface area (TPSA) is 17.1 Å². The van der Waals surface area contributed by atoms with Crippen LogP contribution in [0.15, 0.2) is 0 Å². The summed E-state index contributed by atoms with van der Waals surface area (Å²) in [5.41, 5.74) is 0.269. The van der Waals surface area contributed by atoms with Gasteiger partial charge < -0.3 is 0 Å². The minimum atomic E-state index is 0.269. The van der Waals surface area contributed by atoms with Crippen molar-refractivity contribution in [2.75, 3.05) is 0 Å². The number of carbonyl (C=O) groups is 1. The Kier molecular flexibility index (Phi) is 3.77. The molecule has 0 aliphatic rings. The van der Waals surface area contributed by atoms with Gasteiger partial charge in [0.15, 0.2) is 0 Å². The smallest absolute Gasteiger partial charge is 0.132 e. The Bertz CT molecular complexity index is 130. The summed E-state index contributed by atoms with van der Waals surface area (Å²) in [4.78, 5) is 11.1. The van der Waals surface area contributed by atoms with E-state index in [0.717, 1.165) is 6.42 Å². The van der Waals surface area contributed by atoms with Gasteiger partial charge >= 0.3 is 0 Å². The van der Waals surface area contributed by atoms with Crippen LogP contribution in [0.1, 0.15) is 47.5 Å². The van der Waals surface area contributed by atoms with Crippen LogP contribution in [0.25, 0.3) is 0 Å². The van der Waals surface area contributed by atoms with Gasteiger partial charge in [0.1, 0.15) is 5.78 Å². The Balaban J connectivity index is 3.87. The third-order valence-corrected chi connectivity index (χ3v) is 2.41. The second-order valence-corrected chi connectivity index (χ2v) is 4.36. The molecule has 0 bridgehead atoms. The molecule has 1 atom stereocenters. The number of hydrogen-bond acceptors (Lipinski definition) is 1. The van der Waals surface area contributed by atoms with E-state index >= 15 is 0 Å². The van der Waals surface area contributed by atoms with E-state index < -0.39 is 0 Å². The van der Waals surface area contributed by atoms with Crippen LogP contribution in [0.5, 0.6) is 0 Å². The Labute approximate surface area is 70.2 Å². The summed E-state index contributed by atoms with van der Waals surface area (Å²) in [7, 11) is 0. The molecular formula is C10H20O. The fourth-order valence-electron chi connectivity index (χ4n) is 0.792. The molecule has 1 nitrogen and oxygen atoms in total. The maximum atomic E-state index is 11.1. The predicted molar refractivity (Wildman–Crippen MR) is 48.5 cm³/mol. The summed E-state index contributed by atoms with van der Waals surface area (Å²) in [5, 5.41) is 0. The zero-order valence-electron chi connectivity index (χ0n) is 8.40. The van der Waals surface area contributed by atoms with Gasteiger partial charge in [0.05, 0.1) is 0 Å². The van der Waals surface area contributed by atoms with Crippen LogP contribution < -0.4 is 0 Å². The van der Waals surface area contributed by atoms with E-state index in [9.17, 15) is 4.79 Å². The molecule has 0 spiro atoms. The van der Waals surface area contributed by atoms with Gasteiger partial charge in [-0.2, -0.15) is 0 Å². The van der Waals surface area contributed by atoms with E-state index in [2.05, 4.69) is 27.7 Å². The van der Waals surface area contributed by atoms with Crippen molar-refractivity contribution < 1.29 is 4.79 Å². The van der Waals surface area contributed by atoms with Gasteiger partial charge in [-0.05, 0) is 11.3 Å². The van der Waals surface area contributed by atoms with Crippen LogP contribution in [0, 0.1) is 11.3 Å². The molecule has 1 unspecified atom stereocenters. The molecule has 0 aliphatic heterocycles. The fourth-order valence-corrected chi connectivity index (χ4v) is 0.792. The summed E-state index contributed by atoms with van der Waals surface area (Å²) in [6.45, 7) is 10.6. The molecular weight excluding hydrogens is 136 g/mol. The van der Waals surface area contributed by atoms with Crippen LogP contribution in [0.3, 0.4) is 0 Å². The van der Waals surface area contributed by atoms with Gasteiger partial charge in [0.2, 0.25) is 0 Å². The van der Waals surface area contributed by atoms with Crippen LogP contribution in [-0.2, 0) is 4.79 Å². The van der Waals surface area contributed by atoms with Gasteiger partial charge in [-0.25, -0.2) is 0 Å². The number of rotatable bonds is 3. The predicted octanol–water partition coefficient (Wildman–Crippen LogP) is 3.04. The molecule has 0 aromatic rings. The first-order chi connectivity index (χ1) is 4.88. The second kappa shape index (κ2) is 3.89. The Morgan fingerprint density at radius 1 is 1.36 bits per heavy atom. The lowest BCUT2D eigenvalue weighted by Gasteiger charge is -2.26. The van der Waals surface area contributed by atoms with Gasteiger partial charge in [0.25, 0.3) is 0 Å². The number of Topliss-reactive ketones (excluding diaryl/α,β-unsaturated/α-hetero) is 1. The third-order valence-electron chi connectivity index (χ3n) is 2.41. The highest BCUT2D eigenvalue weighted by molar-refractivity contribution is 5.78. The fraction of sp³-hybridized carbons (Fsp3) is 0.900. The van der Waals surface area contributed by atoms with Crippen molar-refractivity contribution in [3.05, 3.63) is 0 Å². The molecule has 0 aromatic carbocycles. The quantitative estimate of drug-likeness (QED) is 0.614. The van der Waals surface area contributed by atoms with E-state index in [0.29, 0.717) is 18.1 Å². The second-order valence-electron chi connectivity index (χ2n) is 4.36. The van der Waals surface area contributed by atoms with Crippen LogP contribution in [-0.4, -0.2) is 5.78 Å². The minimum absolute atomic E-state index is 0.269. The van der Waals surface area contributed by atoms with Gasteiger partial charge in [-0.1, -0.05) is 34.6 Å². The standard InChI is InChI=1S/C10H20O/c1-6-9(11)7-8(2)10(3,4)5/h8H,6-7H2,1-5H3. The SMILES string of the molecule is CCC(=O)CC(C)C(C)(C)C. The first kappa shape index (κ1) is 10.7. The minimum Gasteiger partial charge on any atom is -0.300 e. The van der Waals surface area contributed by atoms with Crippen molar-refractivity contribution >= 4 is 5.78 Å². The molecule has 0 rings (SSSR count). The Morgan fingerprint density at radius 2 is 1.82 bits per heavy atom. The van der Waals surface area contributed by atoms with Crippen molar-refractivity contribution in [1.82, 2.24) is 0 Å². The number of hydrogen-bond donors (Lipinski definition) is 0. The summed E-state index contributed by atoms with van der Waals surface area (Å²) >= 11 is 0. The third kappa shape index (κ3) is 4.18. The van der Waals surface area contributed by atoms with Crippen molar-refractivity contribution in [3.8, 4) is 0 Å². The van der Waals surface area contributed by atoms with E-state index in [1.54, 1.807) is 0 Å². The van der Waals surface area contributed by atoms with Gasteiger partial charge in [-0.15, -0.1) is 0 Å². The van der Waals surface area contributed by atoms with E-state index in [1.165, 1.54) is 0 Å². The molecule has 0 saturated heterocycles. The highest BCUT2D eigenvalue weighted by Crippen LogP contribution is 2.28. The average molecular weight is 156 g/mol. The van der Waals surface area contributed by atoms with Crippen molar-refractivity contribution in [1.29, 1.82) is 0 Å². The molecule has 0 amide bonds. The maximum absolute atomic E-state index is 11.1. The molecule has 11 heavy (non-hydrogen) atoms. The largest absolute Gasteiger partial charge is 0.300 e. The first-order valence-corrected chi connectivity index (χ1v) is 4.39. The summed E-state index contributed by atoms with van der Waals surface area (Å²) in [6.07, 6.45) is 1.42. The molecule has 66 valence electrons. The zero-order chi connectivity index (χ0) is 9.07. The van der Waals surface area contributed by atoms with E-state index in [1.807, 2.05) is 6.92 Å². The normalized spacial score (nSPS) is 14.6. The summed E-state index contributed by atoms with van der Waals surface area (Å²) in [5.74, 6) is 0.877. The van der Waals surface area contributed by atoms with E-state index in [4.69, 9.17) is 0 Å². The number of ketones is 1. The molecule has 1 heteroatoms. The van der Waals surface area contributed by atoms with Gasteiger partial charge in [0, 0.05) is 12.8 Å². The lowest BCUT2D eigenvalue weighted by atomic mass is 9.79. The molecule has 0 radical (unpaired) electrons. The molecule has 0 saturated carbocycles. The highest BCUT2D eigenvalue weighted by atomic mass is 16.1. The molecule has 0 fully saturated rings. The van der Waals surface area contributed by atoms with Crippen LogP contribution >= 0.6 is 0 Å². The monoisotopic (exact) mass is 156 g/mol. The Hall–Kier alpha value is -0.330. The van der Waals surface area contributed by atoms with Crippen LogP contribution in [0.4, 0.5) is 0 Å². The summed E-state index contributed by atoms with van der Waals surface area (Å²) < 4.78 is 0. The van der Waals surface area contributed by atoms with Crippen molar-refractivity contribution in [2.45, 2.75) is 47.5 Å². The average Bonchev–Trinajstić information content (AvgIpc) is 1.85. The van der Waals surface area contributed by atoms with Crippen molar-refractivity contribution in [2.24, 2.45) is 11.3 Å². The maximum Gasteiger partial charge on any atom is 0.132 e. The molecule has 0 heterocycles. The van der Waals surface area contributed by atoms with E-state index in [-0.39, 0.29) is 5.41 Å².